The zero-order valence-corrected chi connectivity index (χ0v) is 6.83. The van der Waals surface area contributed by atoms with Crippen LogP contribution in [0.5, 0.6) is 0 Å². The fraction of sp³-hybridized carbons (Fsp3) is 0.500. The number of carbonyl (C=O) groups excluding carboxylic acids is 1. The lowest BCUT2D eigenvalue weighted by atomic mass is 10.5. The van der Waals surface area contributed by atoms with E-state index in [0.717, 1.165) is 13.1 Å². The zero-order valence-electron chi connectivity index (χ0n) is 6.83. The maximum Gasteiger partial charge on any atom is 0.370 e. The number of rotatable bonds is 2. The van der Waals surface area contributed by atoms with E-state index in [0.29, 0.717) is 5.90 Å². The molecule has 0 aromatic heterocycles. The van der Waals surface area contributed by atoms with Gasteiger partial charge in [-0.05, 0) is 13.8 Å². The maximum absolute atomic E-state index is 10.6. The highest BCUT2D eigenvalue weighted by atomic mass is 16.5. The van der Waals surface area contributed by atoms with E-state index in [9.17, 15) is 4.79 Å². The number of cyclic esters (lactones) is 1. The molecule has 0 saturated carbocycles. The number of ether oxygens (including phenoxy) is 1. The molecule has 1 rings (SSSR count). The summed E-state index contributed by atoms with van der Waals surface area (Å²) < 4.78 is 6.89. The van der Waals surface area contributed by atoms with Gasteiger partial charge < -0.3 is 4.74 Å². The number of nitrogens with zero attached hydrogens (tertiary/aromatic N) is 1. The van der Waals surface area contributed by atoms with Crippen LogP contribution >= 0.6 is 0 Å². The summed E-state index contributed by atoms with van der Waals surface area (Å²) >= 11 is 0. The molecule has 11 heavy (non-hydrogen) atoms. The molecule has 1 heterocycles. The number of esters is 1. The van der Waals surface area contributed by atoms with Crippen molar-refractivity contribution < 1.29 is 14.1 Å². The van der Waals surface area contributed by atoms with Gasteiger partial charge in [-0.15, -0.1) is 0 Å². The number of hydrogen-bond acceptors (Lipinski definition) is 2. The molecule has 0 unspecified atom stereocenters. The minimum atomic E-state index is -0.271. The highest BCUT2D eigenvalue weighted by Gasteiger charge is 2.19. The monoisotopic (exact) mass is 154 g/mol. The summed E-state index contributed by atoms with van der Waals surface area (Å²) in [6.07, 6.45) is 3.14. The van der Waals surface area contributed by atoms with Gasteiger partial charge in [-0.2, -0.15) is 4.58 Å². The van der Waals surface area contributed by atoms with Crippen LogP contribution in [0.25, 0.3) is 0 Å². The molecule has 0 amide bonds. The molecule has 0 aromatic rings. The summed E-state index contributed by atoms with van der Waals surface area (Å²) in [4.78, 5) is 10.6. The first-order valence-electron chi connectivity index (χ1n) is 3.79. The quantitative estimate of drug-likeness (QED) is 0.429. The third-order valence-electron chi connectivity index (χ3n) is 1.64. The molecule has 60 valence electrons. The third kappa shape index (κ3) is 1.67. The fourth-order valence-electron chi connectivity index (χ4n) is 1.02. The molecule has 0 atom stereocenters. The van der Waals surface area contributed by atoms with Crippen molar-refractivity contribution >= 4 is 11.9 Å². The Bertz CT molecular complexity index is 222. The topological polar surface area (TPSA) is 29.3 Å². The summed E-state index contributed by atoms with van der Waals surface area (Å²) in [7, 11) is 0. The second-order valence-corrected chi connectivity index (χ2v) is 2.26. The van der Waals surface area contributed by atoms with Crippen molar-refractivity contribution in [3.8, 4) is 0 Å². The van der Waals surface area contributed by atoms with E-state index in [2.05, 4.69) is 0 Å². The van der Waals surface area contributed by atoms with Gasteiger partial charge in [0.25, 0.3) is 0 Å². The van der Waals surface area contributed by atoms with Crippen molar-refractivity contribution in [3.63, 3.8) is 0 Å². The number of hydrogen-bond donors (Lipinski definition) is 0. The van der Waals surface area contributed by atoms with Crippen LogP contribution in [0.2, 0.25) is 0 Å². The average molecular weight is 154 g/mol. The molecule has 0 saturated heterocycles. The summed E-state index contributed by atoms with van der Waals surface area (Å²) in [5.74, 6) is 0.395. The normalized spacial score (nSPS) is 15.5. The van der Waals surface area contributed by atoms with Crippen LogP contribution in [0.3, 0.4) is 0 Å². The predicted octanol–water partition coefficient (Wildman–Crippen LogP) is 0.550. The van der Waals surface area contributed by atoms with Gasteiger partial charge in [0.1, 0.15) is 13.1 Å². The lowest BCUT2D eigenvalue weighted by Gasteiger charge is -1.97. The van der Waals surface area contributed by atoms with Crippen LogP contribution in [0.1, 0.15) is 13.8 Å². The Balaban J connectivity index is 2.80. The second-order valence-electron chi connectivity index (χ2n) is 2.26. The maximum atomic E-state index is 10.6. The van der Waals surface area contributed by atoms with Crippen LogP contribution in [0, 0.1) is 0 Å². The van der Waals surface area contributed by atoms with E-state index in [1.807, 2.05) is 18.4 Å². The summed E-state index contributed by atoms with van der Waals surface area (Å²) in [5, 5.41) is 0. The van der Waals surface area contributed by atoms with Crippen LogP contribution in [0.15, 0.2) is 12.2 Å². The number of carbonyl (C=O) groups is 1. The molecule has 1 aliphatic heterocycles. The molecule has 3 heteroatoms. The van der Waals surface area contributed by atoms with Crippen molar-refractivity contribution in [3.05, 3.63) is 12.2 Å². The average Bonchev–Trinajstić information content (AvgIpc) is 2.39. The first kappa shape index (κ1) is 7.98. The van der Waals surface area contributed by atoms with Crippen molar-refractivity contribution in [1.82, 2.24) is 0 Å². The minimum Gasteiger partial charge on any atom is -0.368 e. The Hall–Kier alpha value is -1.12. The smallest absolute Gasteiger partial charge is 0.368 e. The van der Waals surface area contributed by atoms with Gasteiger partial charge in [-0.3, -0.25) is 0 Å². The first-order chi connectivity index (χ1) is 5.27. The van der Waals surface area contributed by atoms with Crippen LogP contribution < -0.4 is 0 Å². The van der Waals surface area contributed by atoms with Gasteiger partial charge in [0.15, 0.2) is 0 Å². The molecule has 0 bridgehead atoms. The SMILES string of the molecule is CC[N+](CC)=C1C=CC(=O)O1. The van der Waals surface area contributed by atoms with E-state index >= 15 is 0 Å². The lowest BCUT2D eigenvalue weighted by molar-refractivity contribution is -0.526. The highest BCUT2D eigenvalue weighted by Crippen LogP contribution is 1.97. The Kier molecular flexibility index (Phi) is 2.41. The Morgan fingerprint density at radius 1 is 1.36 bits per heavy atom. The largest absolute Gasteiger partial charge is 0.370 e. The minimum absolute atomic E-state index is 0.271. The third-order valence-corrected chi connectivity index (χ3v) is 1.64. The first-order valence-corrected chi connectivity index (χ1v) is 3.79. The Labute approximate surface area is 66.0 Å². The van der Waals surface area contributed by atoms with Crippen LogP contribution in [-0.4, -0.2) is 29.5 Å². The van der Waals surface area contributed by atoms with E-state index in [1.54, 1.807) is 6.08 Å². The van der Waals surface area contributed by atoms with Gasteiger partial charge in [0.05, 0.1) is 6.08 Å². The molecular weight excluding hydrogens is 142 g/mol. The predicted molar refractivity (Wildman–Crippen MR) is 41.6 cm³/mol. The van der Waals surface area contributed by atoms with Gasteiger partial charge in [-0.1, -0.05) is 0 Å². The van der Waals surface area contributed by atoms with Crippen molar-refractivity contribution in [2.75, 3.05) is 13.1 Å². The van der Waals surface area contributed by atoms with E-state index in [-0.39, 0.29) is 5.97 Å². The molecular formula is C8H12NO2+. The van der Waals surface area contributed by atoms with Crippen molar-refractivity contribution in [1.29, 1.82) is 0 Å². The van der Waals surface area contributed by atoms with Crippen LogP contribution in [-0.2, 0) is 9.53 Å². The summed E-state index contributed by atoms with van der Waals surface area (Å²) in [6.45, 7) is 5.78. The van der Waals surface area contributed by atoms with E-state index < -0.39 is 0 Å². The molecule has 1 aliphatic rings. The van der Waals surface area contributed by atoms with Gasteiger partial charge in [0, 0.05) is 6.08 Å². The zero-order chi connectivity index (χ0) is 8.27. The second kappa shape index (κ2) is 3.32. The molecule has 3 nitrogen and oxygen atoms in total. The highest BCUT2D eigenvalue weighted by molar-refractivity contribution is 6.05. The van der Waals surface area contributed by atoms with Crippen molar-refractivity contribution in [2.24, 2.45) is 0 Å². The van der Waals surface area contributed by atoms with Gasteiger partial charge >= 0.3 is 11.9 Å². The van der Waals surface area contributed by atoms with Gasteiger partial charge in [-0.25, -0.2) is 4.79 Å². The molecule has 0 radical (unpaired) electrons. The van der Waals surface area contributed by atoms with E-state index in [4.69, 9.17) is 4.74 Å². The lowest BCUT2D eigenvalue weighted by Crippen LogP contribution is -2.20. The Morgan fingerprint density at radius 2 is 2.00 bits per heavy atom. The molecule has 0 spiro atoms. The molecule has 0 fully saturated rings. The molecule has 0 aromatic carbocycles. The van der Waals surface area contributed by atoms with Crippen LogP contribution in [0.4, 0.5) is 0 Å². The van der Waals surface area contributed by atoms with E-state index in [1.165, 1.54) is 6.08 Å². The summed E-state index contributed by atoms with van der Waals surface area (Å²) in [6, 6.07) is 0. The van der Waals surface area contributed by atoms with Crippen molar-refractivity contribution in [2.45, 2.75) is 13.8 Å². The van der Waals surface area contributed by atoms with Gasteiger partial charge in [0.2, 0.25) is 0 Å². The summed E-state index contributed by atoms with van der Waals surface area (Å²) in [5.41, 5.74) is 0. The standard InChI is InChI=1S/C8H12NO2/c1-3-9(4-2)7-5-6-8(10)11-7/h5-6H,3-4H2,1-2H3/q+1. The molecule has 0 aliphatic carbocycles. The Morgan fingerprint density at radius 3 is 2.36 bits per heavy atom. The fourth-order valence-corrected chi connectivity index (χ4v) is 1.02. The molecule has 0 N–H and O–H groups in total.